The summed E-state index contributed by atoms with van der Waals surface area (Å²) in [7, 11) is 0. The molecule has 0 aliphatic heterocycles. The van der Waals surface area contributed by atoms with Gasteiger partial charge in [0.15, 0.2) is 0 Å². The Labute approximate surface area is 192 Å². The van der Waals surface area contributed by atoms with Gasteiger partial charge in [0, 0.05) is 51.5 Å². The lowest BCUT2D eigenvalue weighted by atomic mass is 9.93. The minimum Gasteiger partial charge on any atom is -0.381 e. The van der Waals surface area contributed by atoms with E-state index in [1.165, 1.54) is 30.3 Å². The number of fused-ring (bicyclic) bond motifs is 3. The van der Waals surface area contributed by atoms with Gasteiger partial charge in [-0.05, 0) is 36.4 Å². The summed E-state index contributed by atoms with van der Waals surface area (Å²) in [5.74, 6) is -4.43. The molecule has 0 bridgehead atoms. The van der Waals surface area contributed by atoms with E-state index < -0.39 is 40.0 Å². The van der Waals surface area contributed by atoms with Crippen molar-refractivity contribution in [1.29, 1.82) is 0 Å². The van der Waals surface area contributed by atoms with Crippen LogP contribution in [0, 0.1) is 0 Å². The van der Waals surface area contributed by atoms with E-state index in [1.54, 1.807) is 0 Å². The van der Waals surface area contributed by atoms with Crippen LogP contribution in [-0.2, 0) is 18.5 Å². The van der Waals surface area contributed by atoms with E-state index in [-0.39, 0.29) is 23.1 Å². The maximum atomic E-state index is 14.2. The molecule has 5 nitrogen and oxygen atoms in total. The normalized spacial score (nSPS) is 13.0. The highest BCUT2D eigenvalue weighted by atomic mass is 35.5. The standard InChI is InChI=1S/C22H14ClF6N3O2/c23-12-3-5-13(6-4-12)31-9-11-10-32-19-15(17(11)21(24,25)26)8-16(20(33,34)22(27,28)29)14-2-1-7-30-18(14)19/h1-8,10,31,33-34H,9H2. The molecule has 2 heterocycles. The van der Waals surface area contributed by atoms with Gasteiger partial charge in [0.25, 0.3) is 5.79 Å². The molecule has 2 aromatic heterocycles. The van der Waals surface area contributed by atoms with Gasteiger partial charge in [-0.1, -0.05) is 17.7 Å². The summed E-state index contributed by atoms with van der Waals surface area (Å²) in [4.78, 5) is 7.90. The summed E-state index contributed by atoms with van der Waals surface area (Å²) in [6.45, 7) is -0.377. The monoisotopic (exact) mass is 501 g/mol. The number of aromatic nitrogens is 2. The molecular weight excluding hydrogens is 488 g/mol. The molecule has 0 radical (unpaired) electrons. The van der Waals surface area contributed by atoms with Gasteiger partial charge in [-0.15, -0.1) is 0 Å². The number of hydrogen-bond donors (Lipinski definition) is 3. The molecule has 0 saturated carbocycles. The third-order valence-electron chi connectivity index (χ3n) is 5.19. The smallest absolute Gasteiger partial charge is 0.381 e. The number of aliphatic hydroxyl groups is 2. The van der Waals surface area contributed by atoms with E-state index in [9.17, 15) is 36.6 Å². The molecule has 2 aromatic carbocycles. The minimum absolute atomic E-state index is 0.333. The lowest BCUT2D eigenvalue weighted by molar-refractivity contribution is -0.357. The maximum absolute atomic E-state index is 14.2. The molecule has 0 aliphatic rings. The lowest BCUT2D eigenvalue weighted by Gasteiger charge is -2.27. The van der Waals surface area contributed by atoms with Gasteiger partial charge in [0.05, 0.1) is 16.6 Å². The van der Waals surface area contributed by atoms with Crippen molar-refractivity contribution in [3.63, 3.8) is 0 Å². The molecule has 0 fully saturated rings. The topological polar surface area (TPSA) is 78.3 Å². The summed E-state index contributed by atoms with van der Waals surface area (Å²) in [5.41, 5.74) is -3.06. The summed E-state index contributed by atoms with van der Waals surface area (Å²) in [6.07, 6.45) is -8.50. The molecule has 12 heteroatoms. The first-order chi connectivity index (χ1) is 15.8. The number of nitrogens with zero attached hydrogens (tertiary/aromatic N) is 2. The predicted octanol–water partition coefficient (Wildman–Crippen LogP) is 5.77. The number of benzene rings is 2. The molecular formula is C22H14ClF6N3O2. The SMILES string of the molecule is OC(O)(c1cc2c(C(F)(F)F)c(CNc3ccc(Cl)cc3)cnc2c2ncccc12)C(F)(F)F. The second-order valence-corrected chi connectivity index (χ2v) is 7.84. The van der Waals surface area contributed by atoms with Gasteiger partial charge >= 0.3 is 12.4 Å². The Hall–Kier alpha value is -3.15. The van der Waals surface area contributed by atoms with Crippen molar-refractivity contribution in [1.82, 2.24) is 9.97 Å². The molecule has 34 heavy (non-hydrogen) atoms. The van der Waals surface area contributed by atoms with Gasteiger partial charge in [0.2, 0.25) is 0 Å². The Morgan fingerprint density at radius 3 is 2.15 bits per heavy atom. The quantitative estimate of drug-likeness (QED) is 0.188. The van der Waals surface area contributed by atoms with Crippen LogP contribution < -0.4 is 5.32 Å². The molecule has 0 atom stereocenters. The van der Waals surface area contributed by atoms with Crippen LogP contribution in [0.3, 0.4) is 0 Å². The molecule has 3 N–H and O–H groups in total. The van der Waals surface area contributed by atoms with Gasteiger partial charge in [-0.3, -0.25) is 9.97 Å². The maximum Gasteiger partial charge on any atom is 0.447 e. The predicted molar refractivity (Wildman–Crippen MR) is 113 cm³/mol. The zero-order valence-corrected chi connectivity index (χ0v) is 17.6. The van der Waals surface area contributed by atoms with Gasteiger partial charge in [-0.2, -0.15) is 26.3 Å². The van der Waals surface area contributed by atoms with Crippen molar-refractivity contribution in [2.45, 2.75) is 24.7 Å². The fraction of sp³-hybridized carbons (Fsp3) is 0.182. The van der Waals surface area contributed by atoms with Crippen LogP contribution in [0.4, 0.5) is 32.0 Å². The Morgan fingerprint density at radius 1 is 0.882 bits per heavy atom. The molecule has 178 valence electrons. The van der Waals surface area contributed by atoms with Crippen molar-refractivity contribution in [2.75, 3.05) is 5.32 Å². The first kappa shape index (κ1) is 24.0. The highest BCUT2D eigenvalue weighted by Gasteiger charge is 2.55. The number of pyridine rings is 2. The summed E-state index contributed by atoms with van der Waals surface area (Å²) >= 11 is 5.80. The second-order valence-electron chi connectivity index (χ2n) is 7.41. The van der Waals surface area contributed by atoms with Crippen molar-refractivity contribution in [3.8, 4) is 0 Å². The number of halogens is 7. The molecule has 0 spiro atoms. The number of anilines is 1. The highest BCUT2D eigenvalue weighted by Crippen LogP contribution is 2.44. The molecule has 0 aliphatic carbocycles. The van der Waals surface area contributed by atoms with Crippen LogP contribution in [0.5, 0.6) is 0 Å². The Kier molecular flexibility index (Phi) is 5.83. The minimum atomic E-state index is -5.59. The van der Waals surface area contributed by atoms with Crippen LogP contribution >= 0.6 is 11.6 Å². The zero-order chi connectivity index (χ0) is 24.9. The number of nitrogens with one attached hydrogen (secondary N) is 1. The average molecular weight is 502 g/mol. The highest BCUT2D eigenvalue weighted by molar-refractivity contribution is 6.30. The summed E-state index contributed by atoms with van der Waals surface area (Å²) in [6, 6.07) is 8.89. The zero-order valence-electron chi connectivity index (χ0n) is 16.8. The molecule has 4 aromatic rings. The second kappa shape index (κ2) is 8.26. The number of alkyl halides is 6. The third-order valence-corrected chi connectivity index (χ3v) is 5.44. The van der Waals surface area contributed by atoms with Crippen molar-refractivity contribution >= 4 is 39.1 Å². The van der Waals surface area contributed by atoms with Crippen LogP contribution in [-0.4, -0.2) is 26.4 Å². The van der Waals surface area contributed by atoms with Crippen LogP contribution in [0.15, 0.2) is 54.9 Å². The first-order valence-corrected chi connectivity index (χ1v) is 9.96. The molecule has 0 unspecified atom stereocenters. The van der Waals surface area contributed by atoms with E-state index in [4.69, 9.17) is 11.6 Å². The molecule has 4 rings (SSSR count). The van der Waals surface area contributed by atoms with Gasteiger partial charge in [0.1, 0.15) is 0 Å². The van der Waals surface area contributed by atoms with E-state index >= 15 is 0 Å². The van der Waals surface area contributed by atoms with E-state index in [2.05, 4.69) is 15.3 Å². The van der Waals surface area contributed by atoms with Crippen molar-refractivity contribution < 1.29 is 36.6 Å². The first-order valence-electron chi connectivity index (χ1n) is 9.58. The van der Waals surface area contributed by atoms with Crippen molar-refractivity contribution in [2.24, 2.45) is 0 Å². The lowest BCUT2D eigenvalue weighted by Crippen LogP contribution is -2.42. The van der Waals surface area contributed by atoms with Crippen molar-refractivity contribution in [3.05, 3.63) is 76.6 Å². The van der Waals surface area contributed by atoms with Gasteiger partial charge in [-0.25, -0.2) is 0 Å². The Bertz CT molecular complexity index is 1370. The number of hydrogen-bond acceptors (Lipinski definition) is 5. The molecule has 0 amide bonds. The third kappa shape index (κ3) is 4.22. The van der Waals surface area contributed by atoms with Crippen LogP contribution in [0.2, 0.25) is 5.02 Å². The fourth-order valence-corrected chi connectivity index (χ4v) is 3.73. The average Bonchev–Trinajstić information content (AvgIpc) is 2.76. The Balaban J connectivity index is 1.98. The van der Waals surface area contributed by atoms with Crippen LogP contribution in [0.25, 0.3) is 21.8 Å². The van der Waals surface area contributed by atoms with Crippen LogP contribution in [0.1, 0.15) is 16.7 Å². The van der Waals surface area contributed by atoms with E-state index in [1.807, 2.05) is 0 Å². The number of rotatable bonds is 4. The van der Waals surface area contributed by atoms with E-state index in [0.29, 0.717) is 16.8 Å². The summed E-state index contributed by atoms with van der Waals surface area (Å²) in [5, 5.41) is 21.8. The molecule has 0 saturated heterocycles. The van der Waals surface area contributed by atoms with Gasteiger partial charge < -0.3 is 15.5 Å². The summed E-state index contributed by atoms with van der Waals surface area (Å²) < 4.78 is 82.8. The fourth-order valence-electron chi connectivity index (χ4n) is 3.61. The Morgan fingerprint density at radius 2 is 1.53 bits per heavy atom. The largest absolute Gasteiger partial charge is 0.447 e. The van der Waals surface area contributed by atoms with E-state index in [0.717, 1.165) is 18.5 Å².